The summed E-state index contributed by atoms with van der Waals surface area (Å²) in [5.74, 6) is -1.82. The average molecular weight is 517 g/mol. The van der Waals surface area contributed by atoms with Crippen molar-refractivity contribution in [2.24, 2.45) is 11.8 Å². The minimum atomic E-state index is -1.03. The Labute approximate surface area is 218 Å². The van der Waals surface area contributed by atoms with Crippen LogP contribution in [0.1, 0.15) is 63.4 Å². The number of carboxylic acid groups (broad SMARTS) is 1. The maximum absolute atomic E-state index is 13.6. The number of hydrogen-bond donors (Lipinski definition) is 3. The largest absolute Gasteiger partial charge is 0.497 e. The summed E-state index contributed by atoms with van der Waals surface area (Å²) in [6.07, 6.45) is 4.51. The molecule has 1 aromatic carbocycles. The summed E-state index contributed by atoms with van der Waals surface area (Å²) in [6, 6.07) is 7.03. The number of nitrogens with one attached hydrogen (secondary N) is 2. The van der Waals surface area contributed by atoms with Gasteiger partial charge in [0, 0.05) is 26.1 Å². The lowest BCUT2D eigenvalue weighted by atomic mass is 9.92. The highest BCUT2D eigenvalue weighted by Crippen LogP contribution is 2.25. The van der Waals surface area contributed by atoms with Crippen molar-refractivity contribution in [3.05, 3.63) is 29.8 Å². The number of hydrogen-bond acceptors (Lipinski definition) is 7. The molecule has 2 aliphatic heterocycles. The molecule has 3 rings (SSSR count). The number of benzene rings is 1. The highest BCUT2D eigenvalue weighted by molar-refractivity contribution is 5.99. The number of amides is 3. The summed E-state index contributed by atoms with van der Waals surface area (Å²) in [5, 5.41) is 13.4. The van der Waals surface area contributed by atoms with Crippen molar-refractivity contribution >= 4 is 23.7 Å². The third-order valence-electron chi connectivity index (χ3n) is 7.38. The quantitative estimate of drug-likeness (QED) is 0.382. The van der Waals surface area contributed by atoms with E-state index in [9.17, 15) is 19.2 Å². The first-order valence-corrected chi connectivity index (χ1v) is 13.3. The predicted molar refractivity (Wildman–Crippen MR) is 138 cm³/mol. The van der Waals surface area contributed by atoms with Gasteiger partial charge in [0.25, 0.3) is 5.91 Å². The second-order valence-corrected chi connectivity index (χ2v) is 9.97. The van der Waals surface area contributed by atoms with Crippen molar-refractivity contribution < 1.29 is 29.0 Å². The number of methoxy groups -OCH3 is 1. The van der Waals surface area contributed by atoms with Gasteiger partial charge in [0.05, 0.1) is 25.4 Å². The third-order valence-corrected chi connectivity index (χ3v) is 7.38. The van der Waals surface area contributed by atoms with Crippen LogP contribution in [0.25, 0.3) is 0 Å². The molecule has 2 aliphatic rings. The number of piperidine rings is 2. The fourth-order valence-corrected chi connectivity index (χ4v) is 5.01. The number of nitrogens with zero attached hydrogens (tertiary/aromatic N) is 2. The summed E-state index contributed by atoms with van der Waals surface area (Å²) in [7, 11) is 1.56. The molecular formula is C27H40N4O6. The first kappa shape index (κ1) is 28.6. The second kappa shape index (κ2) is 14.1. The van der Waals surface area contributed by atoms with Crippen LogP contribution in [0, 0.1) is 11.8 Å². The molecule has 0 saturated carbocycles. The molecule has 2 fully saturated rings. The van der Waals surface area contributed by atoms with Crippen LogP contribution in [0.5, 0.6) is 5.75 Å². The first-order chi connectivity index (χ1) is 17.8. The summed E-state index contributed by atoms with van der Waals surface area (Å²) in [6.45, 7) is 4.51. The fourth-order valence-electron chi connectivity index (χ4n) is 5.01. The van der Waals surface area contributed by atoms with Crippen LogP contribution in [0.4, 0.5) is 0 Å². The van der Waals surface area contributed by atoms with E-state index in [0.717, 1.165) is 37.4 Å². The first-order valence-electron chi connectivity index (χ1n) is 13.3. The Hall–Kier alpha value is -2.98. The predicted octanol–water partition coefficient (Wildman–Crippen LogP) is 2.15. The highest BCUT2D eigenvalue weighted by atomic mass is 16.5. The molecule has 0 aromatic heterocycles. The van der Waals surface area contributed by atoms with Gasteiger partial charge in [-0.2, -0.15) is 0 Å². The number of carbonyl (C=O) groups is 4. The number of rotatable bonds is 11. The molecule has 0 bridgehead atoms. The molecule has 204 valence electrons. The Morgan fingerprint density at radius 1 is 1.14 bits per heavy atom. The number of carbonyl (C=O) groups excluding carboxylic acids is 3. The minimum Gasteiger partial charge on any atom is -0.497 e. The van der Waals surface area contributed by atoms with E-state index in [1.54, 1.807) is 43.2 Å². The summed E-state index contributed by atoms with van der Waals surface area (Å²) in [4.78, 5) is 52.7. The van der Waals surface area contributed by atoms with E-state index in [2.05, 4.69) is 10.7 Å². The van der Waals surface area contributed by atoms with Gasteiger partial charge < -0.3 is 20.1 Å². The molecule has 3 N–H and O–H groups in total. The zero-order valence-electron chi connectivity index (χ0n) is 21.9. The van der Waals surface area contributed by atoms with E-state index in [1.165, 1.54) is 0 Å². The number of carboxylic acids is 1. The van der Waals surface area contributed by atoms with Crippen LogP contribution in [-0.2, 0) is 19.2 Å². The molecule has 10 heteroatoms. The summed E-state index contributed by atoms with van der Waals surface area (Å²) < 4.78 is 5.18. The summed E-state index contributed by atoms with van der Waals surface area (Å²) >= 11 is 0. The van der Waals surface area contributed by atoms with E-state index in [1.807, 2.05) is 0 Å². The Kier molecular flexibility index (Phi) is 10.9. The molecule has 3 amide bonds. The molecule has 0 spiro atoms. The Balaban J connectivity index is 1.65. The van der Waals surface area contributed by atoms with E-state index in [4.69, 9.17) is 9.84 Å². The molecule has 1 aromatic rings. The van der Waals surface area contributed by atoms with Crippen LogP contribution in [-0.4, -0.2) is 78.5 Å². The molecule has 0 unspecified atom stereocenters. The van der Waals surface area contributed by atoms with Crippen molar-refractivity contribution in [3.63, 3.8) is 0 Å². The second-order valence-electron chi connectivity index (χ2n) is 9.97. The fraction of sp³-hybridized carbons (Fsp3) is 0.630. The topological polar surface area (TPSA) is 128 Å². The zero-order valence-corrected chi connectivity index (χ0v) is 21.9. The molecule has 0 aliphatic carbocycles. The molecule has 2 heterocycles. The van der Waals surface area contributed by atoms with Crippen LogP contribution in [0.3, 0.4) is 0 Å². The van der Waals surface area contributed by atoms with Crippen molar-refractivity contribution in [2.75, 3.05) is 39.8 Å². The van der Waals surface area contributed by atoms with E-state index >= 15 is 0 Å². The van der Waals surface area contributed by atoms with E-state index < -0.39 is 29.6 Å². The normalized spacial score (nSPS) is 19.2. The number of imide groups is 1. The van der Waals surface area contributed by atoms with Crippen molar-refractivity contribution in [3.8, 4) is 5.75 Å². The SMILES string of the molecule is COc1ccc([C@H](C)C(=O)N(NCCC(=O)O)C(=O)[C@@H]2CCCN(C(=O)CCC3CCNCC3)C2)cc1. The van der Waals surface area contributed by atoms with E-state index in [0.29, 0.717) is 43.0 Å². The third kappa shape index (κ3) is 8.26. The van der Waals surface area contributed by atoms with Gasteiger partial charge in [-0.25, -0.2) is 10.4 Å². The minimum absolute atomic E-state index is 0.0550. The zero-order chi connectivity index (χ0) is 26.8. The average Bonchev–Trinajstić information content (AvgIpc) is 2.93. The van der Waals surface area contributed by atoms with Gasteiger partial charge in [0.1, 0.15) is 5.75 Å². The van der Waals surface area contributed by atoms with Crippen molar-refractivity contribution in [1.82, 2.24) is 20.7 Å². The van der Waals surface area contributed by atoms with Crippen LogP contribution in [0.15, 0.2) is 24.3 Å². The maximum Gasteiger partial charge on any atom is 0.304 e. The van der Waals surface area contributed by atoms with Gasteiger partial charge in [-0.3, -0.25) is 19.2 Å². The molecule has 2 saturated heterocycles. The van der Waals surface area contributed by atoms with E-state index in [-0.39, 0.29) is 25.4 Å². The van der Waals surface area contributed by atoms with Gasteiger partial charge in [-0.05, 0) is 75.7 Å². The molecule has 37 heavy (non-hydrogen) atoms. The monoisotopic (exact) mass is 516 g/mol. The lowest BCUT2D eigenvalue weighted by Crippen LogP contribution is -2.54. The lowest BCUT2D eigenvalue weighted by molar-refractivity contribution is -0.155. The number of ether oxygens (including phenoxy) is 1. The van der Waals surface area contributed by atoms with Gasteiger partial charge in [-0.1, -0.05) is 12.1 Å². The maximum atomic E-state index is 13.6. The Bertz CT molecular complexity index is 931. The van der Waals surface area contributed by atoms with Crippen molar-refractivity contribution in [2.45, 2.75) is 57.8 Å². The van der Waals surface area contributed by atoms with Crippen LogP contribution < -0.4 is 15.5 Å². The number of hydrazine groups is 1. The van der Waals surface area contributed by atoms with Gasteiger partial charge >= 0.3 is 5.97 Å². The number of likely N-dealkylation sites (tertiary alicyclic amines) is 1. The summed E-state index contributed by atoms with van der Waals surface area (Å²) in [5.41, 5.74) is 3.46. The molecular weight excluding hydrogens is 476 g/mol. The Morgan fingerprint density at radius 3 is 2.49 bits per heavy atom. The van der Waals surface area contributed by atoms with Gasteiger partial charge in [0.15, 0.2) is 0 Å². The number of aliphatic carboxylic acids is 1. The Morgan fingerprint density at radius 2 is 1.84 bits per heavy atom. The molecule has 2 atom stereocenters. The van der Waals surface area contributed by atoms with Crippen LogP contribution >= 0.6 is 0 Å². The standard InChI is InChI=1S/C27H40N4O6/c1-19(21-6-8-23(37-2)9-7-21)26(35)31(29-16-13-25(33)34)27(36)22-4-3-17-30(18-22)24(32)10-5-20-11-14-28-15-12-20/h6-9,19-20,22,28-29H,3-5,10-18H2,1-2H3,(H,33,34)/t19-,22+/m0/s1. The van der Waals surface area contributed by atoms with Gasteiger partial charge in [0.2, 0.25) is 11.8 Å². The van der Waals surface area contributed by atoms with Crippen molar-refractivity contribution in [1.29, 1.82) is 0 Å². The van der Waals surface area contributed by atoms with Crippen LogP contribution in [0.2, 0.25) is 0 Å². The molecule has 0 radical (unpaired) electrons. The highest BCUT2D eigenvalue weighted by Gasteiger charge is 2.35. The van der Waals surface area contributed by atoms with Gasteiger partial charge in [-0.15, -0.1) is 0 Å². The lowest BCUT2D eigenvalue weighted by Gasteiger charge is -2.35. The molecule has 10 nitrogen and oxygen atoms in total. The smallest absolute Gasteiger partial charge is 0.304 e.